The Morgan fingerprint density at radius 3 is 2.12 bits per heavy atom. The van der Waals surface area contributed by atoms with Crippen LogP contribution in [0.5, 0.6) is 11.5 Å². The number of ketones is 2. The molecule has 2 aromatic carbocycles. The molecule has 2 rings (SSSR count). The molecular formula is C22H24O4. The van der Waals surface area contributed by atoms with Gasteiger partial charge in [0.25, 0.3) is 0 Å². The molecule has 2 aromatic rings. The van der Waals surface area contributed by atoms with E-state index in [1.807, 2.05) is 12.1 Å². The first-order chi connectivity index (χ1) is 12.1. The molecule has 0 aliphatic heterocycles. The van der Waals surface area contributed by atoms with Gasteiger partial charge in [-0.05, 0) is 23.5 Å². The van der Waals surface area contributed by atoms with Crippen LogP contribution < -0.4 is 0 Å². The Morgan fingerprint density at radius 2 is 1.58 bits per heavy atom. The van der Waals surface area contributed by atoms with Crippen molar-refractivity contribution in [1.82, 2.24) is 0 Å². The summed E-state index contributed by atoms with van der Waals surface area (Å²) in [7, 11) is 0. The summed E-state index contributed by atoms with van der Waals surface area (Å²) in [6.45, 7) is 9.82. The predicted molar refractivity (Wildman–Crippen MR) is 102 cm³/mol. The van der Waals surface area contributed by atoms with Gasteiger partial charge in [-0.1, -0.05) is 57.2 Å². The van der Waals surface area contributed by atoms with Crippen LogP contribution in [0.15, 0.2) is 49.1 Å². The minimum absolute atomic E-state index is 0.0199. The van der Waals surface area contributed by atoms with E-state index in [4.69, 9.17) is 0 Å². The number of Topliss-reactive ketones (excluding diaryl/α,β-unsaturated/α-hetero) is 2. The van der Waals surface area contributed by atoms with Crippen molar-refractivity contribution in [3.8, 4) is 11.5 Å². The number of benzene rings is 2. The molecule has 136 valence electrons. The fraction of sp³-hybridized carbons (Fsp3) is 0.273. The SMILES string of the molecule is C=CCc1ccc(C(=O)CC(=O)c2ccc(C(C)(C)C)cc2)c(O)c1O. The van der Waals surface area contributed by atoms with Crippen molar-refractivity contribution >= 4 is 11.6 Å². The zero-order valence-corrected chi connectivity index (χ0v) is 15.4. The molecular weight excluding hydrogens is 328 g/mol. The lowest BCUT2D eigenvalue weighted by atomic mass is 9.86. The summed E-state index contributed by atoms with van der Waals surface area (Å²) in [5.74, 6) is -1.71. The number of rotatable bonds is 6. The molecule has 0 heterocycles. The molecule has 26 heavy (non-hydrogen) atoms. The summed E-state index contributed by atoms with van der Waals surface area (Å²) < 4.78 is 0. The highest BCUT2D eigenvalue weighted by atomic mass is 16.3. The van der Waals surface area contributed by atoms with Gasteiger partial charge in [-0.15, -0.1) is 6.58 Å². The van der Waals surface area contributed by atoms with Crippen molar-refractivity contribution in [2.45, 2.75) is 39.0 Å². The molecule has 2 N–H and O–H groups in total. The van der Waals surface area contributed by atoms with Gasteiger partial charge in [-0.2, -0.15) is 0 Å². The summed E-state index contributed by atoms with van der Waals surface area (Å²) in [4.78, 5) is 24.8. The van der Waals surface area contributed by atoms with E-state index < -0.39 is 11.5 Å². The van der Waals surface area contributed by atoms with Crippen LogP contribution in [-0.2, 0) is 11.8 Å². The van der Waals surface area contributed by atoms with Gasteiger partial charge in [0, 0.05) is 11.1 Å². The highest BCUT2D eigenvalue weighted by Gasteiger charge is 2.21. The maximum absolute atomic E-state index is 12.4. The number of hydrogen-bond donors (Lipinski definition) is 2. The number of aromatic hydroxyl groups is 2. The van der Waals surface area contributed by atoms with E-state index in [0.717, 1.165) is 5.56 Å². The number of phenolic OH excluding ortho intramolecular Hbond substituents is 2. The zero-order valence-electron chi connectivity index (χ0n) is 15.4. The van der Waals surface area contributed by atoms with Crippen molar-refractivity contribution in [3.05, 3.63) is 71.3 Å². The first-order valence-corrected chi connectivity index (χ1v) is 8.46. The molecule has 0 spiro atoms. The maximum Gasteiger partial charge on any atom is 0.174 e. The number of phenols is 2. The molecule has 0 atom stereocenters. The van der Waals surface area contributed by atoms with Crippen LogP contribution >= 0.6 is 0 Å². The van der Waals surface area contributed by atoms with Gasteiger partial charge in [0.1, 0.15) is 0 Å². The fourth-order valence-electron chi connectivity index (χ4n) is 2.67. The minimum atomic E-state index is -0.534. The van der Waals surface area contributed by atoms with Crippen molar-refractivity contribution in [3.63, 3.8) is 0 Å². The molecule has 0 amide bonds. The van der Waals surface area contributed by atoms with E-state index >= 15 is 0 Å². The molecule has 0 radical (unpaired) electrons. The molecule has 4 nitrogen and oxygen atoms in total. The standard InChI is InChI=1S/C22H24O4/c1-5-6-15-9-12-17(21(26)20(15)25)19(24)13-18(23)14-7-10-16(11-8-14)22(2,3)4/h5,7-12,25-26H,1,6,13H2,2-4H3. The summed E-state index contributed by atoms with van der Waals surface area (Å²) in [6.07, 6.45) is 1.58. The number of allylic oxidation sites excluding steroid dienone is 1. The van der Waals surface area contributed by atoms with E-state index in [-0.39, 0.29) is 28.9 Å². The van der Waals surface area contributed by atoms with Crippen LogP contribution in [0.25, 0.3) is 0 Å². The van der Waals surface area contributed by atoms with Crippen molar-refractivity contribution in [2.24, 2.45) is 0 Å². The number of carbonyl (C=O) groups excluding carboxylic acids is 2. The van der Waals surface area contributed by atoms with Crippen molar-refractivity contribution in [1.29, 1.82) is 0 Å². The Bertz CT molecular complexity index is 840. The third kappa shape index (κ3) is 4.20. The monoisotopic (exact) mass is 352 g/mol. The molecule has 0 bridgehead atoms. The average molecular weight is 352 g/mol. The van der Waals surface area contributed by atoms with Gasteiger partial charge >= 0.3 is 0 Å². The van der Waals surface area contributed by atoms with E-state index in [0.29, 0.717) is 17.5 Å². The van der Waals surface area contributed by atoms with Gasteiger partial charge in [0.2, 0.25) is 0 Å². The molecule has 0 saturated heterocycles. The predicted octanol–water partition coefficient (Wildman–Crippen LogP) is 4.58. The number of hydrogen-bond acceptors (Lipinski definition) is 4. The van der Waals surface area contributed by atoms with Crippen LogP contribution in [-0.4, -0.2) is 21.8 Å². The lowest BCUT2D eigenvalue weighted by Crippen LogP contribution is -2.12. The van der Waals surface area contributed by atoms with Crippen LogP contribution in [0.4, 0.5) is 0 Å². The molecule has 0 aliphatic carbocycles. The van der Waals surface area contributed by atoms with Gasteiger partial charge in [-0.25, -0.2) is 0 Å². The summed E-state index contributed by atoms with van der Waals surface area (Å²) >= 11 is 0. The lowest BCUT2D eigenvalue weighted by Gasteiger charge is -2.19. The fourth-order valence-corrected chi connectivity index (χ4v) is 2.67. The van der Waals surface area contributed by atoms with Crippen LogP contribution in [0.1, 0.15) is 59.0 Å². The average Bonchev–Trinajstić information content (AvgIpc) is 2.58. The first-order valence-electron chi connectivity index (χ1n) is 8.46. The van der Waals surface area contributed by atoms with Gasteiger partial charge < -0.3 is 10.2 Å². The largest absolute Gasteiger partial charge is 0.504 e. The first kappa shape index (κ1) is 19.4. The van der Waals surface area contributed by atoms with E-state index in [9.17, 15) is 19.8 Å². The van der Waals surface area contributed by atoms with Gasteiger partial charge in [-0.3, -0.25) is 9.59 Å². The Kier molecular flexibility index (Phi) is 5.66. The Hall–Kier alpha value is -2.88. The van der Waals surface area contributed by atoms with E-state index in [1.165, 1.54) is 6.07 Å². The summed E-state index contributed by atoms with van der Waals surface area (Å²) in [6, 6.07) is 10.1. The third-order valence-electron chi connectivity index (χ3n) is 4.29. The second kappa shape index (κ2) is 7.56. The third-order valence-corrected chi connectivity index (χ3v) is 4.29. The molecule has 0 aliphatic rings. The smallest absolute Gasteiger partial charge is 0.174 e. The molecule has 4 heteroatoms. The Morgan fingerprint density at radius 1 is 0.962 bits per heavy atom. The lowest BCUT2D eigenvalue weighted by molar-refractivity contribution is 0.0892. The van der Waals surface area contributed by atoms with E-state index in [1.54, 1.807) is 24.3 Å². The van der Waals surface area contributed by atoms with Gasteiger partial charge in [0.05, 0.1) is 12.0 Å². The molecule has 0 aromatic heterocycles. The summed E-state index contributed by atoms with van der Waals surface area (Å²) in [5, 5.41) is 20.0. The Labute approximate surface area is 153 Å². The van der Waals surface area contributed by atoms with E-state index in [2.05, 4.69) is 27.4 Å². The highest BCUT2D eigenvalue weighted by Crippen LogP contribution is 2.34. The quantitative estimate of drug-likeness (QED) is 0.345. The second-order valence-electron chi connectivity index (χ2n) is 7.31. The van der Waals surface area contributed by atoms with Crippen LogP contribution in [0, 0.1) is 0 Å². The Balaban J connectivity index is 2.18. The minimum Gasteiger partial charge on any atom is -0.504 e. The molecule has 0 saturated carbocycles. The van der Waals surface area contributed by atoms with Crippen LogP contribution in [0.3, 0.4) is 0 Å². The van der Waals surface area contributed by atoms with Crippen molar-refractivity contribution in [2.75, 3.05) is 0 Å². The molecule has 0 unspecified atom stereocenters. The van der Waals surface area contributed by atoms with Gasteiger partial charge in [0.15, 0.2) is 23.1 Å². The molecule has 0 fully saturated rings. The maximum atomic E-state index is 12.4. The second-order valence-corrected chi connectivity index (χ2v) is 7.31. The normalized spacial score (nSPS) is 11.2. The highest BCUT2D eigenvalue weighted by molar-refractivity contribution is 6.14. The summed E-state index contributed by atoms with van der Waals surface area (Å²) in [5.41, 5.74) is 1.93. The topological polar surface area (TPSA) is 74.6 Å². The number of carbonyl (C=O) groups is 2. The van der Waals surface area contributed by atoms with Crippen LogP contribution in [0.2, 0.25) is 0 Å². The van der Waals surface area contributed by atoms with Crippen molar-refractivity contribution < 1.29 is 19.8 Å². The zero-order chi connectivity index (χ0) is 19.5.